The van der Waals surface area contributed by atoms with Gasteiger partial charge in [-0.2, -0.15) is 0 Å². The lowest BCUT2D eigenvalue weighted by Gasteiger charge is -2.10. The molecule has 1 atom stereocenters. The lowest BCUT2D eigenvalue weighted by atomic mass is 10.0. The number of rotatable bonds is 3. The van der Waals surface area contributed by atoms with Gasteiger partial charge in [0, 0.05) is 12.0 Å². The number of benzene rings is 1. The van der Waals surface area contributed by atoms with Gasteiger partial charge in [0.2, 0.25) is 0 Å². The molecule has 0 saturated heterocycles. The fraction of sp³-hybridized carbons (Fsp3) is 0.333. The number of hydrogen-bond donors (Lipinski definition) is 1. The van der Waals surface area contributed by atoms with Crippen LogP contribution in [0.3, 0.4) is 0 Å². The third-order valence-electron chi connectivity index (χ3n) is 2.06. The Balaban J connectivity index is 2.76. The summed E-state index contributed by atoms with van der Waals surface area (Å²) in [5, 5.41) is 9.72. The normalized spacial score (nSPS) is 11.7. The molecule has 0 heterocycles. The standard InChI is InChI=1S/C12H12ClFO/c1-2-3-4-8-11(15)9-6-5-7-10(13)12(9)14/h5-7,11,15H,4,8H2,1H3. The first-order valence-corrected chi connectivity index (χ1v) is 5.06. The third kappa shape index (κ3) is 3.23. The molecule has 15 heavy (non-hydrogen) atoms. The van der Waals surface area contributed by atoms with E-state index >= 15 is 0 Å². The van der Waals surface area contributed by atoms with E-state index in [0.717, 1.165) is 0 Å². The van der Waals surface area contributed by atoms with Crippen molar-refractivity contribution in [2.75, 3.05) is 0 Å². The zero-order chi connectivity index (χ0) is 11.3. The number of aliphatic hydroxyl groups is 1. The molecule has 0 fully saturated rings. The molecule has 0 aliphatic carbocycles. The zero-order valence-electron chi connectivity index (χ0n) is 8.43. The Kier molecular flexibility index (Phi) is 4.61. The first kappa shape index (κ1) is 12.0. The molecule has 0 bridgehead atoms. The smallest absolute Gasteiger partial charge is 0.147 e. The molecule has 0 spiro atoms. The molecule has 1 N–H and O–H groups in total. The summed E-state index contributed by atoms with van der Waals surface area (Å²) in [6.07, 6.45) is 0.117. The number of halogens is 2. The van der Waals surface area contributed by atoms with Crippen molar-refractivity contribution in [3.63, 3.8) is 0 Å². The van der Waals surface area contributed by atoms with Gasteiger partial charge in [-0.25, -0.2) is 4.39 Å². The van der Waals surface area contributed by atoms with Crippen LogP contribution < -0.4 is 0 Å². The summed E-state index contributed by atoms with van der Waals surface area (Å²) in [6, 6.07) is 4.61. The second kappa shape index (κ2) is 5.75. The van der Waals surface area contributed by atoms with Crippen LogP contribution in [0, 0.1) is 17.7 Å². The van der Waals surface area contributed by atoms with E-state index in [0.29, 0.717) is 12.8 Å². The Labute approximate surface area is 93.9 Å². The molecule has 0 amide bonds. The highest BCUT2D eigenvalue weighted by Crippen LogP contribution is 2.25. The number of hydrogen-bond acceptors (Lipinski definition) is 1. The highest BCUT2D eigenvalue weighted by molar-refractivity contribution is 6.30. The quantitative estimate of drug-likeness (QED) is 0.784. The Hall–Kier alpha value is -1.04. The van der Waals surface area contributed by atoms with Crippen LogP contribution in [0.5, 0.6) is 0 Å². The first-order chi connectivity index (χ1) is 7.16. The molecule has 3 heteroatoms. The van der Waals surface area contributed by atoms with Crippen molar-refractivity contribution >= 4 is 11.6 Å². The van der Waals surface area contributed by atoms with Crippen molar-refractivity contribution in [1.82, 2.24) is 0 Å². The van der Waals surface area contributed by atoms with Gasteiger partial charge in [-0.1, -0.05) is 23.7 Å². The average molecular weight is 227 g/mol. The van der Waals surface area contributed by atoms with E-state index < -0.39 is 11.9 Å². The summed E-state index contributed by atoms with van der Waals surface area (Å²) in [5.41, 5.74) is 0.236. The van der Waals surface area contributed by atoms with Gasteiger partial charge < -0.3 is 5.11 Å². The van der Waals surface area contributed by atoms with E-state index in [1.807, 2.05) is 0 Å². The monoisotopic (exact) mass is 226 g/mol. The van der Waals surface area contributed by atoms with Gasteiger partial charge in [-0.15, -0.1) is 11.8 Å². The molecular formula is C12H12ClFO. The maximum atomic E-state index is 13.4. The van der Waals surface area contributed by atoms with Crippen LogP contribution in [0.4, 0.5) is 4.39 Å². The molecule has 80 valence electrons. The lowest BCUT2D eigenvalue weighted by molar-refractivity contribution is 0.165. The number of aliphatic hydroxyl groups excluding tert-OH is 1. The van der Waals surface area contributed by atoms with Crippen molar-refractivity contribution < 1.29 is 9.50 Å². The zero-order valence-corrected chi connectivity index (χ0v) is 9.18. The Morgan fingerprint density at radius 3 is 2.93 bits per heavy atom. The van der Waals surface area contributed by atoms with Crippen LogP contribution in [0.1, 0.15) is 31.4 Å². The van der Waals surface area contributed by atoms with E-state index in [9.17, 15) is 9.50 Å². The van der Waals surface area contributed by atoms with Crippen molar-refractivity contribution in [2.45, 2.75) is 25.9 Å². The third-order valence-corrected chi connectivity index (χ3v) is 2.35. The molecule has 1 nitrogen and oxygen atoms in total. The minimum absolute atomic E-state index is 0.0353. The molecule has 1 aromatic rings. The van der Waals surface area contributed by atoms with Crippen LogP contribution in [0.25, 0.3) is 0 Å². The average Bonchev–Trinajstić information content (AvgIpc) is 2.22. The fourth-order valence-electron chi connectivity index (χ4n) is 1.27. The van der Waals surface area contributed by atoms with Crippen molar-refractivity contribution in [2.24, 2.45) is 0 Å². The van der Waals surface area contributed by atoms with Crippen molar-refractivity contribution in [1.29, 1.82) is 0 Å². The summed E-state index contributed by atoms with van der Waals surface area (Å²) in [7, 11) is 0. The predicted octanol–water partition coefficient (Wildman–Crippen LogP) is 3.32. The Morgan fingerprint density at radius 2 is 2.27 bits per heavy atom. The minimum Gasteiger partial charge on any atom is -0.388 e. The molecular weight excluding hydrogens is 215 g/mol. The van der Waals surface area contributed by atoms with Gasteiger partial charge in [0.25, 0.3) is 0 Å². The van der Waals surface area contributed by atoms with Crippen LogP contribution in [-0.4, -0.2) is 5.11 Å². The molecule has 1 rings (SSSR count). The van der Waals surface area contributed by atoms with Gasteiger partial charge in [-0.05, 0) is 19.4 Å². The minimum atomic E-state index is -0.843. The fourth-order valence-corrected chi connectivity index (χ4v) is 1.45. The summed E-state index contributed by atoms with van der Waals surface area (Å²) >= 11 is 5.61. The van der Waals surface area contributed by atoms with Crippen LogP contribution in [0.15, 0.2) is 18.2 Å². The van der Waals surface area contributed by atoms with Crippen LogP contribution >= 0.6 is 11.6 Å². The molecule has 0 aliphatic heterocycles. The van der Waals surface area contributed by atoms with E-state index in [-0.39, 0.29) is 10.6 Å². The van der Waals surface area contributed by atoms with Gasteiger partial charge in [0.15, 0.2) is 0 Å². The van der Waals surface area contributed by atoms with E-state index in [4.69, 9.17) is 11.6 Å². The van der Waals surface area contributed by atoms with Gasteiger partial charge >= 0.3 is 0 Å². The maximum absolute atomic E-state index is 13.4. The predicted molar refractivity (Wildman–Crippen MR) is 59.1 cm³/mol. The topological polar surface area (TPSA) is 20.2 Å². The summed E-state index contributed by atoms with van der Waals surface area (Å²) in [4.78, 5) is 0. The van der Waals surface area contributed by atoms with E-state index in [1.54, 1.807) is 13.0 Å². The van der Waals surface area contributed by atoms with E-state index in [2.05, 4.69) is 11.8 Å². The van der Waals surface area contributed by atoms with Crippen LogP contribution in [0.2, 0.25) is 5.02 Å². The molecule has 1 aromatic carbocycles. The van der Waals surface area contributed by atoms with Crippen LogP contribution in [-0.2, 0) is 0 Å². The van der Waals surface area contributed by atoms with Gasteiger partial charge in [0.05, 0.1) is 11.1 Å². The maximum Gasteiger partial charge on any atom is 0.147 e. The SMILES string of the molecule is CC#CCCC(O)c1cccc(Cl)c1F. The van der Waals surface area contributed by atoms with Gasteiger partial charge in [-0.3, -0.25) is 0 Å². The van der Waals surface area contributed by atoms with Crippen molar-refractivity contribution in [3.8, 4) is 11.8 Å². The largest absolute Gasteiger partial charge is 0.388 e. The molecule has 0 aromatic heterocycles. The van der Waals surface area contributed by atoms with E-state index in [1.165, 1.54) is 12.1 Å². The molecule has 1 unspecified atom stereocenters. The second-order valence-corrected chi connectivity index (χ2v) is 3.53. The highest BCUT2D eigenvalue weighted by atomic mass is 35.5. The van der Waals surface area contributed by atoms with Crippen molar-refractivity contribution in [3.05, 3.63) is 34.6 Å². The highest BCUT2D eigenvalue weighted by Gasteiger charge is 2.13. The summed E-state index contributed by atoms with van der Waals surface area (Å²) in [5.74, 6) is 4.99. The lowest BCUT2D eigenvalue weighted by Crippen LogP contribution is -2.00. The first-order valence-electron chi connectivity index (χ1n) is 4.68. The van der Waals surface area contributed by atoms with Gasteiger partial charge in [0.1, 0.15) is 5.82 Å². The summed E-state index contributed by atoms with van der Waals surface area (Å²) in [6.45, 7) is 1.73. The Morgan fingerprint density at radius 1 is 1.53 bits per heavy atom. The molecule has 0 radical (unpaired) electrons. The Bertz CT molecular complexity index is 392. The summed E-state index contributed by atoms with van der Waals surface area (Å²) < 4.78 is 13.4. The molecule has 0 saturated carbocycles. The molecule has 0 aliphatic rings. The second-order valence-electron chi connectivity index (χ2n) is 3.12.